The maximum absolute atomic E-state index is 11.6. The van der Waals surface area contributed by atoms with E-state index in [1.54, 1.807) is 6.08 Å². The number of aliphatic hydroxyl groups is 1. The molecule has 0 bridgehead atoms. The molecule has 0 spiro atoms. The van der Waals surface area contributed by atoms with E-state index < -0.39 is 5.41 Å². The summed E-state index contributed by atoms with van der Waals surface area (Å²) in [7, 11) is 1.37. The van der Waals surface area contributed by atoms with E-state index in [0.717, 1.165) is 6.42 Å². The highest BCUT2D eigenvalue weighted by Gasteiger charge is 2.73. The second kappa shape index (κ2) is 2.87. The van der Waals surface area contributed by atoms with Crippen molar-refractivity contribution in [1.29, 1.82) is 0 Å². The number of esters is 1. The smallest absolute Gasteiger partial charge is 0.320 e. The van der Waals surface area contributed by atoms with E-state index in [1.807, 2.05) is 19.1 Å². The summed E-state index contributed by atoms with van der Waals surface area (Å²) in [6, 6.07) is 0. The van der Waals surface area contributed by atoms with Crippen molar-refractivity contribution in [2.24, 2.45) is 17.3 Å². The Morgan fingerprint density at radius 1 is 1.79 bits per heavy atom. The van der Waals surface area contributed by atoms with Crippen molar-refractivity contribution in [3.8, 4) is 0 Å². The van der Waals surface area contributed by atoms with Crippen LogP contribution in [-0.4, -0.2) is 18.2 Å². The van der Waals surface area contributed by atoms with Gasteiger partial charge in [0.25, 0.3) is 0 Å². The number of allylic oxidation sites excluding steroid dienone is 3. The number of hydrogen-bond donors (Lipinski definition) is 1. The van der Waals surface area contributed by atoms with Crippen molar-refractivity contribution in [1.82, 2.24) is 0 Å². The topological polar surface area (TPSA) is 46.5 Å². The lowest BCUT2D eigenvalue weighted by molar-refractivity contribution is -0.147. The van der Waals surface area contributed by atoms with Crippen LogP contribution in [0.4, 0.5) is 0 Å². The average molecular weight is 194 g/mol. The van der Waals surface area contributed by atoms with Gasteiger partial charge >= 0.3 is 5.97 Å². The molecule has 1 fully saturated rings. The first-order chi connectivity index (χ1) is 6.69. The van der Waals surface area contributed by atoms with Crippen molar-refractivity contribution in [3.05, 3.63) is 24.0 Å². The summed E-state index contributed by atoms with van der Waals surface area (Å²) in [4.78, 5) is 11.6. The van der Waals surface area contributed by atoms with Crippen molar-refractivity contribution >= 4 is 5.97 Å². The predicted molar refractivity (Wildman–Crippen MR) is 51.6 cm³/mol. The highest BCUT2D eigenvalue weighted by atomic mass is 16.5. The molecular formula is C11H14O3. The molecule has 0 aromatic heterocycles. The molecule has 2 rings (SSSR count). The SMILES string of the molecule is C/C=C/[C@@H]1[C@H]2CC=C(O)[C@@]12C(=O)OC. The molecule has 2 aliphatic carbocycles. The first-order valence-corrected chi connectivity index (χ1v) is 4.80. The highest BCUT2D eigenvalue weighted by molar-refractivity contribution is 5.86. The molecule has 0 saturated heterocycles. The molecule has 3 nitrogen and oxygen atoms in total. The minimum atomic E-state index is -0.735. The molecule has 14 heavy (non-hydrogen) atoms. The van der Waals surface area contributed by atoms with Crippen LogP contribution in [-0.2, 0) is 9.53 Å². The molecule has 0 aromatic carbocycles. The minimum Gasteiger partial charge on any atom is -0.511 e. The number of carbonyl (C=O) groups excluding carboxylic acids is 1. The molecule has 0 amide bonds. The Balaban J connectivity index is 2.31. The molecule has 0 heterocycles. The molecule has 3 heteroatoms. The van der Waals surface area contributed by atoms with Crippen LogP contribution in [0.25, 0.3) is 0 Å². The minimum absolute atomic E-state index is 0.130. The molecular weight excluding hydrogens is 180 g/mol. The van der Waals surface area contributed by atoms with Crippen LogP contribution >= 0.6 is 0 Å². The van der Waals surface area contributed by atoms with Crippen molar-refractivity contribution < 1.29 is 14.6 Å². The van der Waals surface area contributed by atoms with Crippen LogP contribution in [0.1, 0.15) is 13.3 Å². The van der Waals surface area contributed by atoms with E-state index in [0.29, 0.717) is 0 Å². The van der Waals surface area contributed by atoms with Gasteiger partial charge in [-0.2, -0.15) is 0 Å². The average Bonchev–Trinajstić information content (AvgIpc) is 2.69. The van der Waals surface area contributed by atoms with Crippen LogP contribution in [0.5, 0.6) is 0 Å². The van der Waals surface area contributed by atoms with Crippen molar-refractivity contribution in [2.75, 3.05) is 7.11 Å². The number of aliphatic hydroxyl groups excluding tert-OH is 1. The summed E-state index contributed by atoms with van der Waals surface area (Å²) in [5.41, 5.74) is -0.735. The first-order valence-electron chi connectivity index (χ1n) is 4.80. The first kappa shape index (κ1) is 9.31. The molecule has 3 atom stereocenters. The molecule has 0 aliphatic heterocycles. The molecule has 1 saturated carbocycles. The van der Waals surface area contributed by atoms with E-state index in [2.05, 4.69) is 0 Å². The Bertz CT molecular complexity index is 329. The Hall–Kier alpha value is -1.25. The molecule has 76 valence electrons. The second-order valence-electron chi connectivity index (χ2n) is 3.84. The van der Waals surface area contributed by atoms with Gasteiger partial charge in [0.05, 0.1) is 7.11 Å². The Morgan fingerprint density at radius 2 is 2.50 bits per heavy atom. The van der Waals surface area contributed by atoms with Crippen LogP contribution in [0.3, 0.4) is 0 Å². The lowest BCUT2D eigenvalue weighted by Crippen LogP contribution is -2.21. The van der Waals surface area contributed by atoms with Gasteiger partial charge in [-0.25, -0.2) is 0 Å². The summed E-state index contributed by atoms with van der Waals surface area (Å²) < 4.78 is 4.75. The van der Waals surface area contributed by atoms with E-state index in [1.165, 1.54) is 7.11 Å². The van der Waals surface area contributed by atoms with Gasteiger partial charge in [-0.1, -0.05) is 12.2 Å². The van der Waals surface area contributed by atoms with Gasteiger partial charge in [0, 0.05) is 5.92 Å². The fourth-order valence-electron chi connectivity index (χ4n) is 2.64. The van der Waals surface area contributed by atoms with Crippen molar-refractivity contribution in [2.45, 2.75) is 13.3 Å². The lowest BCUT2D eigenvalue weighted by atomic mass is 10.0. The van der Waals surface area contributed by atoms with E-state index in [9.17, 15) is 9.90 Å². The van der Waals surface area contributed by atoms with Crippen LogP contribution < -0.4 is 0 Å². The van der Waals surface area contributed by atoms with Crippen LogP contribution in [0, 0.1) is 17.3 Å². The van der Waals surface area contributed by atoms with Gasteiger partial charge in [0.15, 0.2) is 0 Å². The van der Waals surface area contributed by atoms with Gasteiger partial charge in [-0.3, -0.25) is 4.79 Å². The molecule has 0 aromatic rings. The molecule has 2 aliphatic rings. The van der Waals surface area contributed by atoms with E-state index in [-0.39, 0.29) is 23.6 Å². The maximum Gasteiger partial charge on any atom is 0.320 e. The van der Waals surface area contributed by atoms with Gasteiger partial charge in [-0.15, -0.1) is 0 Å². The highest BCUT2D eigenvalue weighted by Crippen LogP contribution is 2.69. The summed E-state index contributed by atoms with van der Waals surface area (Å²) in [6.45, 7) is 1.92. The largest absolute Gasteiger partial charge is 0.511 e. The number of hydrogen-bond acceptors (Lipinski definition) is 3. The van der Waals surface area contributed by atoms with E-state index in [4.69, 9.17) is 4.74 Å². The van der Waals surface area contributed by atoms with Gasteiger partial charge in [-0.05, 0) is 25.3 Å². The molecule has 0 unspecified atom stereocenters. The second-order valence-corrected chi connectivity index (χ2v) is 3.84. The Morgan fingerprint density at radius 3 is 3.07 bits per heavy atom. The number of carbonyl (C=O) groups is 1. The van der Waals surface area contributed by atoms with Crippen LogP contribution in [0.15, 0.2) is 24.0 Å². The number of ether oxygens (including phenoxy) is 1. The third kappa shape index (κ3) is 0.846. The third-order valence-electron chi connectivity index (χ3n) is 3.35. The summed E-state index contributed by atoms with van der Waals surface area (Å²) in [6.07, 6.45) is 6.39. The standard InChI is InChI=1S/C11H14O3/c1-3-4-7-8-5-6-9(12)11(7,8)10(13)14-2/h3-4,6-8,12H,5H2,1-2H3/b4-3+/t7-,8-,11-/m1/s1. The van der Waals surface area contributed by atoms with Gasteiger partial charge in [0.1, 0.15) is 11.2 Å². The predicted octanol–water partition coefficient (Wildman–Crippen LogP) is 1.81. The number of fused-ring (bicyclic) bond motifs is 1. The van der Waals surface area contributed by atoms with Gasteiger partial charge < -0.3 is 9.84 Å². The number of rotatable bonds is 2. The zero-order valence-electron chi connectivity index (χ0n) is 8.36. The summed E-state index contributed by atoms with van der Waals surface area (Å²) in [5, 5.41) is 9.71. The lowest BCUT2D eigenvalue weighted by Gasteiger charge is -2.11. The fraction of sp³-hybridized carbons (Fsp3) is 0.545. The molecule has 1 N–H and O–H groups in total. The van der Waals surface area contributed by atoms with E-state index >= 15 is 0 Å². The third-order valence-corrected chi connectivity index (χ3v) is 3.35. The number of methoxy groups -OCH3 is 1. The maximum atomic E-state index is 11.6. The van der Waals surface area contributed by atoms with Crippen LogP contribution in [0.2, 0.25) is 0 Å². The monoisotopic (exact) mass is 194 g/mol. The zero-order chi connectivity index (χ0) is 10.3. The normalized spacial score (nSPS) is 39.4. The fourth-order valence-corrected chi connectivity index (χ4v) is 2.64. The zero-order valence-corrected chi connectivity index (χ0v) is 8.36. The Kier molecular flexibility index (Phi) is 1.91. The summed E-state index contributed by atoms with van der Waals surface area (Å²) in [5.74, 6) is 0.227. The van der Waals surface area contributed by atoms with Gasteiger partial charge in [0.2, 0.25) is 0 Å². The van der Waals surface area contributed by atoms with Crippen molar-refractivity contribution in [3.63, 3.8) is 0 Å². The quantitative estimate of drug-likeness (QED) is 0.538. The summed E-state index contributed by atoms with van der Waals surface area (Å²) >= 11 is 0. The Labute approximate surface area is 83.1 Å². The molecule has 0 radical (unpaired) electrons.